The van der Waals surface area contributed by atoms with Gasteiger partial charge in [-0.25, -0.2) is 4.98 Å². The first-order valence-corrected chi connectivity index (χ1v) is 6.85. The number of anilines is 2. The molecule has 0 saturated heterocycles. The van der Waals surface area contributed by atoms with Gasteiger partial charge in [0, 0.05) is 18.8 Å². The van der Waals surface area contributed by atoms with E-state index in [1.807, 2.05) is 6.07 Å². The molecule has 1 aliphatic rings. The van der Waals surface area contributed by atoms with Gasteiger partial charge in [-0.1, -0.05) is 29.3 Å². The Kier molecular flexibility index (Phi) is 3.53. The number of rotatable bonds is 2. The Morgan fingerprint density at radius 2 is 2.00 bits per heavy atom. The van der Waals surface area contributed by atoms with Crippen molar-refractivity contribution in [2.45, 2.75) is 0 Å². The molecular formula is C14H10Cl2N4O. The summed E-state index contributed by atoms with van der Waals surface area (Å²) in [5.74, 6) is 0.320. The van der Waals surface area contributed by atoms with E-state index in [4.69, 9.17) is 23.2 Å². The first-order chi connectivity index (χ1) is 10.1. The third-order valence-corrected chi connectivity index (χ3v) is 3.83. The second-order valence-corrected chi connectivity index (χ2v) is 5.25. The Balaban J connectivity index is 2.01. The van der Waals surface area contributed by atoms with Crippen LogP contribution >= 0.6 is 23.2 Å². The van der Waals surface area contributed by atoms with Gasteiger partial charge >= 0.3 is 0 Å². The molecule has 0 unspecified atom stereocenters. The molecule has 0 bridgehead atoms. The number of halogens is 2. The van der Waals surface area contributed by atoms with Crippen molar-refractivity contribution in [1.82, 2.24) is 4.98 Å². The molecule has 0 saturated carbocycles. The Hall–Kier alpha value is -2.11. The van der Waals surface area contributed by atoms with Crippen LogP contribution in [0.3, 0.4) is 0 Å². The lowest BCUT2D eigenvalue weighted by atomic mass is 10.1. The molecule has 5 nitrogen and oxygen atoms in total. The summed E-state index contributed by atoms with van der Waals surface area (Å²) in [6, 6.07) is 8.66. The highest BCUT2D eigenvalue weighted by atomic mass is 35.5. The number of amides is 1. The fourth-order valence-corrected chi connectivity index (χ4v) is 2.36. The van der Waals surface area contributed by atoms with E-state index in [1.54, 1.807) is 37.5 Å². The number of benzene rings is 1. The van der Waals surface area contributed by atoms with Crippen molar-refractivity contribution in [3.8, 4) is 0 Å². The lowest BCUT2D eigenvalue weighted by Gasteiger charge is -2.09. The summed E-state index contributed by atoms with van der Waals surface area (Å²) in [6.45, 7) is 0. The number of nitrogens with zero attached hydrogens (tertiary/aromatic N) is 3. The number of carbonyl (C=O) groups is 1. The first-order valence-electron chi connectivity index (χ1n) is 6.10. The van der Waals surface area contributed by atoms with Gasteiger partial charge in [0.1, 0.15) is 5.82 Å². The molecule has 0 atom stereocenters. The van der Waals surface area contributed by atoms with Crippen LogP contribution in [0, 0.1) is 0 Å². The largest absolute Gasteiger partial charge is 0.309 e. The monoisotopic (exact) mass is 320 g/mol. The van der Waals surface area contributed by atoms with E-state index >= 15 is 0 Å². The van der Waals surface area contributed by atoms with Gasteiger partial charge in [-0.15, -0.1) is 0 Å². The van der Waals surface area contributed by atoms with E-state index in [-0.39, 0.29) is 11.6 Å². The molecular weight excluding hydrogens is 311 g/mol. The van der Waals surface area contributed by atoms with Gasteiger partial charge in [-0.3, -0.25) is 10.2 Å². The zero-order valence-corrected chi connectivity index (χ0v) is 12.5. The van der Waals surface area contributed by atoms with E-state index < -0.39 is 0 Å². The highest BCUT2D eigenvalue weighted by Crippen LogP contribution is 2.35. The number of hydrogen-bond acceptors (Lipinski definition) is 4. The van der Waals surface area contributed by atoms with Gasteiger partial charge < -0.3 is 4.90 Å². The molecule has 7 heteroatoms. The zero-order chi connectivity index (χ0) is 15.0. The minimum absolute atomic E-state index is 0.230. The van der Waals surface area contributed by atoms with Crippen LogP contribution in [-0.2, 0) is 4.79 Å². The lowest BCUT2D eigenvalue weighted by molar-refractivity contribution is -0.111. The predicted molar refractivity (Wildman–Crippen MR) is 84.3 cm³/mol. The van der Waals surface area contributed by atoms with Crippen LogP contribution in [0.1, 0.15) is 5.56 Å². The average Bonchev–Trinajstić information content (AvgIpc) is 2.71. The highest BCUT2D eigenvalue weighted by Gasteiger charge is 2.32. The Morgan fingerprint density at radius 1 is 1.24 bits per heavy atom. The third kappa shape index (κ3) is 2.46. The molecule has 3 rings (SSSR count). The zero-order valence-electron chi connectivity index (χ0n) is 11.0. The highest BCUT2D eigenvalue weighted by molar-refractivity contribution is 6.55. The Labute approximate surface area is 131 Å². The number of fused-ring (bicyclic) bond motifs is 1. The summed E-state index contributed by atoms with van der Waals surface area (Å²) in [7, 11) is 1.66. The van der Waals surface area contributed by atoms with Crippen LogP contribution in [-0.4, -0.2) is 23.7 Å². The Morgan fingerprint density at radius 3 is 2.71 bits per heavy atom. The number of aromatic nitrogens is 1. The van der Waals surface area contributed by atoms with Crippen LogP contribution in [0.15, 0.2) is 41.6 Å². The summed E-state index contributed by atoms with van der Waals surface area (Å²) in [5.41, 5.74) is 4.36. The average molecular weight is 321 g/mol. The predicted octanol–water partition coefficient (Wildman–Crippen LogP) is 3.18. The van der Waals surface area contributed by atoms with Gasteiger partial charge in [0.2, 0.25) is 0 Å². The molecule has 2 heterocycles. The van der Waals surface area contributed by atoms with Crippen molar-refractivity contribution >= 4 is 46.3 Å². The maximum atomic E-state index is 12.3. The molecule has 0 radical (unpaired) electrons. The van der Waals surface area contributed by atoms with Crippen LogP contribution in [0.4, 0.5) is 11.5 Å². The number of nitrogens with one attached hydrogen (secondary N) is 1. The molecule has 2 aromatic rings. The first kappa shape index (κ1) is 13.9. The third-order valence-electron chi connectivity index (χ3n) is 3.11. The number of hydrazone groups is 1. The number of likely N-dealkylation sites (N-methyl/N-ethyl adjacent to an activating group) is 1. The van der Waals surface area contributed by atoms with Gasteiger partial charge in [0.05, 0.1) is 15.7 Å². The van der Waals surface area contributed by atoms with Crippen LogP contribution in [0.2, 0.25) is 10.0 Å². The maximum Gasteiger partial charge on any atom is 0.279 e. The summed E-state index contributed by atoms with van der Waals surface area (Å²) >= 11 is 12.0. The summed E-state index contributed by atoms with van der Waals surface area (Å²) < 4.78 is 0. The number of hydrogen-bond donors (Lipinski definition) is 1. The molecule has 106 valence electrons. The number of pyridine rings is 1. The molecule has 1 aromatic carbocycles. The standard InChI is InChI=1S/C14H10Cl2N4O/c1-20-11-7-10(16)9(15)6-8(11)13(14(20)21)19-18-12-4-2-3-5-17-12/h2-7H,1H3,(H,17,18). The van der Waals surface area contributed by atoms with Crippen LogP contribution < -0.4 is 10.3 Å². The minimum atomic E-state index is -0.230. The molecule has 21 heavy (non-hydrogen) atoms. The van der Waals surface area contributed by atoms with Gasteiger partial charge in [-0.05, 0) is 24.3 Å². The quantitative estimate of drug-likeness (QED) is 0.864. The lowest BCUT2D eigenvalue weighted by Crippen LogP contribution is -2.26. The van der Waals surface area contributed by atoms with Gasteiger partial charge in [0.15, 0.2) is 5.71 Å². The van der Waals surface area contributed by atoms with E-state index in [0.29, 0.717) is 27.1 Å². The van der Waals surface area contributed by atoms with E-state index in [0.717, 1.165) is 0 Å². The second kappa shape index (κ2) is 5.35. The van der Waals surface area contributed by atoms with Gasteiger partial charge in [0.25, 0.3) is 5.91 Å². The van der Waals surface area contributed by atoms with Crippen molar-refractivity contribution in [2.24, 2.45) is 5.10 Å². The number of carbonyl (C=O) groups excluding carboxylic acids is 1. The van der Waals surface area contributed by atoms with Crippen molar-refractivity contribution in [1.29, 1.82) is 0 Å². The second-order valence-electron chi connectivity index (χ2n) is 4.43. The summed E-state index contributed by atoms with van der Waals surface area (Å²) in [5, 5.41) is 4.92. The molecule has 1 N–H and O–H groups in total. The van der Waals surface area contributed by atoms with Crippen LogP contribution in [0.25, 0.3) is 0 Å². The van der Waals surface area contributed by atoms with Crippen molar-refractivity contribution in [2.75, 3.05) is 17.4 Å². The fourth-order valence-electron chi connectivity index (χ4n) is 2.04. The van der Waals surface area contributed by atoms with Crippen molar-refractivity contribution in [3.63, 3.8) is 0 Å². The SMILES string of the molecule is CN1C(=O)C(=NNc2ccccn2)c2cc(Cl)c(Cl)cc21. The van der Waals surface area contributed by atoms with E-state index in [9.17, 15) is 4.79 Å². The molecule has 1 amide bonds. The smallest absolute Gasteiger partial charge is 0.279 e. The molecule has 1 aliphatic heterocycles. The minimum Gasteiger partial charge on any atom is -0.309 e. The Bertz CT molecular complexity index is 746. The summed E-state index contributed by atoms with van der Waals surface area (Å²) in [4.78, 5) is 17.8. The summed E-state index contributed by atoms with van der Waals surface area (Å²) in [6.07, 6.45) is 1.63. The van der Waals surface area contributed by atoms with Gasteiger partial charge in [-0.2, -0.15) is 5.10 Å². The van der Waals surface area contributed by atoms with Crippen molar-refractivity contribution < 1.29 is 4.79 Å². The normalized spacial score (nSPS) is 15.5. The topological polar surface area (TPSA) is 57.6 Å². The van der Waals surface area contributed by atoms with E-state index in [1.165, 1.54) is 4.90 Å². The van der Waals surface area contributed by atoms with Crippen molar-refractivity contribution in [3.05, 3.63) is 52.1 Å². The van der Waals surface area contributed by atoms with E-state index in [2.05, 4.69) is 15.5 Å². The molecule has 1 aromatic heterocycles. The molecule has 0 fully saturated rings. The molecule has 0 spiro atoms. The fraction of sp³-hybridized carbons (Fsp3) is 0.0714. The molecule has 0 aliphatic carbocycles. The van der Waals surface area contributed by atoms with Crippen LogP contribution in [0.5, 0.6) is 0 Å². The maximum absolute atomic E-state index is 12.3.